The molecule has 0 fully saturated rings. The molecule has 0 aliphatic rings. The topological polar surface area (TPSA) is 40.4 Å². The molecule has 0 amide bonds. The van der Waals surface area contributed by atoms with Crippen LogP contribution in [0, 0.1) is 12.7 Å². The zero-order valence-corrected chi connectivity index (χ0v) is 13.7. The van der Waals surface area contributed by atoms with Crippen LogP contribution >= 0.6 is 12.2 Å². The van der Waals surface area contributed by atoms with Gasteiger partial charge in [-0.3, -0.25) is 4.90 Å². The highest BCUT2D eigenvalue weighted by Crippen LogP contribution is 2.18. The molecule has 22 heavy (non-hydrogen) atoms. The van der Waals surface area contributed by atoms with Crippen molar-refractivity contribution in [2.75, 3.05) is 26.0 Å². The van der Waals surface area contributed by atoms with E-state index in [4.69, 9.17) is 16.6 Å². The van der Waals surface area contributed by atoms with Crippen molar-refractivity contribution in [1.82, 2.24) is 10.2 Å². The lowest BCUT2D eigenvalue weighted by atomic mass is 10.2. The van der Waals surface area contributed by atoms with Crippen LogP contribution in [-0.2, 0) is 0 Å². The molecule has 0 aliphatic heterocycles. The first-order chi connectivity index (χ1) is 10.5. The van der Waals surface area contributed by atoms with Crippen LogP contribution in [0.15, 0.2) is 41.0 Å². The first kappa shape index (κ1) is 16.5. The van der Waals surface area contributed by atoms with Gasteiger partial charge in [-0.25, -0.2) is 4.39 Å². The molecule has 4 nitrogen and oxygen atoms in total. The summed E-state index contributed by atoms with van der Waals surface area (Å²) in [7, 11) is 3.95. The van der Waals surface area contributed by atoms with Crippen LogP contribution in [0.3, 0.4) is 0 Å². The molecule has 118 valence electrons. The highest BCUT2D eigenvalue weighted by Gasteiger charge is 2.17. The number of aryl methyl sites for hydroxylation is 1. The van der Waals surface area contributed by atoms with Gasteiger partial charge in [-0.1, -0.05) is 6.07 Å². The third-order valence-corrected chi connectivity index (χ3v) is 3.63. The molecule has 6 heteroatoms. The molecule has 0 saturated heterocycles. The maximum absolute atomic E-state index is 13.5. The second kappa shape index (κ2) is 7.38. The van der Waals surface area contributed by atoms with E-state index in [1.165, 1.54) is 6.07 Å². The number of benzene rings is 1. The van der Waals surface area contributed by atoms with Gasteiger partial charge in [0, 0.05) is 12.2 Å². The van der Waals surface area contributed by atoms with E-state index in [-0.39, 0.29) is 11.9 Å². The normalized spacial score (nSPS) is 12.2. The molecule has 0 spiro atoms. The molecule has 0 unspecified atom stereocenters. The summed E-state index contributed by atoms with van der Waals surface area (Å²) >= 11 is 5.25. The standard InChI is InChI=1S/C16H20FN3OS/c1-11-6-7-12(9-13(11)17)19-16(22)18-10-14(20(2)3)15-5-4-8-21-15/h4-9,14H,10H2,1-3H3,(H2,18,19,22)/t14-/m0/s1. The smallest absolute Gasteiger partial charge is 0.170 e. The molecule has 1 aromatic carbocycles. The van der Waals surface area contributed by atoms with Gasteiger partial charge >= 0.3 is 0 Å². The van der Waals surface area contributed by atoms with E-state index in [0.717, 1.165) is 5.76 Å². The van der Waals surface area contributed by atoms with Crippen molar-refractivity contribution in [2.24, 2.45) is 0 Å². The number of hydrogen-bond donors (Lipinski definition) is 2. The van der Waals surface area contributed by atoms with Crippen LogP contribution in [0.25, 0.3) is 0 Å². The molecule has 1 heterocycles. The lowest BCUT2D eigenvalue weighted by Crippen LogP contribution is -2.36. The van der Waals surface area contributed by atoms with E-state index in [9.17, 15) is 4.39 Å². The monoisotopic (exact) mass is 321 g/mol. The molecule has 2 N–H and O–H groups in total. The fourth-order valence-electron chi connectivity index (χ4n) is 2.05. The summed E-state index contributed by atoms with van der Waals surface area (Å²) in [5, 5.41) is 6.56. The van der Waals surface area contributed by atoms with Gasteiger partial charge in [-0.05, 0) is 63.1 Å². The van der Waals surface area contributed by atoms with Crippen LogP contribution in [-0.4, -0.2) is 30.7 Å². The quantitative estimate of drug-likeness (QED) is 0.827. The van der Waals surface area contributed by atoms with Gasteiger partial charge in [0.05, 0.1) is 12.3 Å². The number of nitrogens with one attached hydrogen (secondary N) is 2. The summed E-state index contributed by atoms with van der Waals surface area (Å²) in [6, 6.07) is 8.78. The third-order valence-electron chi connectivity index (χ3n) is 3.38. The largest absolute Gasteiger partial charge is 0.468 e. The number of furan rings is 1. The van der Waals surface area contributed by atoms with Crippen LogP contribution in [0.5, 0.6) is 0 Å². The van der Waals surface area contributed by atoms with Gasteiger partial charge in [-0.2, -0.15) is 0 Å². The average molecular weight is 321 g/mol. The Morgan fingerprint density at radius 2 is 2.14 bits per heavy atom. The molecule has 0 saturated carbocycles. The number of anilines is 1. The fourth-order valence-corrected chi connectivity index (χ4v) is 2.25. The molecule has 2 rings (SSSR count). The Bertz CT molecular complexity index is 628. The van der Waals surface area contributed by atoms with Crippen molar-refractivity contribution < 1.29 is 8.81 Å². The lowest BCUT2D eigenvalue weighted by molar-refractivity contribution is 0.259. The van der Waals surface area contributed by atoms with Gasteiger partial charge in [0.2, 0.25) is 0 Å². The van der Waals surface area contributed by atoms with Crippen LogP contribution in [0.1, 0.15) is 17.4 Å². The number of rotatable bonds is 5. The zero-order valence-electron chi connectivity index (χ0n) is 12.9. The molecule has 0 aliphatic carbocycles. The van der Waals surface area contributed by atoms with E-state index in [0.29, 0.717) is 22.9 Å². The Kier molecular flexibility index (Phi) is 5.51. The van der Waals surface area contributed by atoms with Crippen molar-refractivity contribution in [3.8, 4) is 0 Å². The number of nitrogens with zero attached hydrogens (tertiary/aromatic N) is 1. The Balaban J connectivity index is 1.92. The van der Waals surface area contributed by atoms with E-state index in [1.807, 2.05) is 31.1 Å². The van der Waals surface area contributed by atoms with E-state index in [2.05, 4.69) is 10.6 Å². The first-order valence-electron chi connectivity index (χ1n) is 6.98. The predicted molar refractivity (Wildman–Crippen MR) is 90.5 cm³/mol. The molecular formula is C16H20FN3OS. The van der Waals surface area contributed by atoms with Crippen molar-refractivity contribution in [2.45, 2.75) is 13.0 Å². The summed E-state index contributed by atoms with van der Waals surface area (Å²) in [5.41, 5.74) is 1.23. The molecule has 0 radical (unpaired) electrons. The maximum Gasteiger partial charge on any atom is 0.170 e. The van der Waals surface area contributed by atoms with Crippen LogP contribution in [0.2, 0.25) is 0 Å². The Morgan fingerprint density at radius 1 is 1.36 bits per heavy atom. The van der Waals surface area contributed by atoms with Gasteiger partial charge in [-0.15, -0.1) is 0 Å². The highest BCUT2D eigenvalue weighted by atomic mass is 32.1. The fraction of sp³-hybridized carbons (Fsp3) is 0.312. The average Bonchev–Trinajstić information content (AvgIpc) is 2.97. The molecule has 0 bridgehead atoms. The van der Waals surface area contributed by atoms with Crippen LogP contribution < -0.4 is 10.6 Å². The second-order valence-electron chi connectivity index (χ2n) is 5.29. The van der Waals surface area contributed by atoms with Crippen molar-refractivity contribution in [3.05, 3.63) is 53.7 Å². The molecule has 2 aromatic rings. The van der Waals surface area contributed by atoms with Gasteiger partial charge in [0.15, 0.2) is 5.11 Å². The Hall–Kier alpha value is -1.92. The number of hydrogen-bond acceptors (Lipinski definition) is 3. The molecule has 1 aromatic heterocycles. The highest BCUT2D eigenvalue weighted by molar-refractivity contribution is 7.80. The van der Waals surface area contributed by atoms with E-state index >= 15 is 0 Å². The number of thiocarbonyl (C=S) groups is 1. The number of likely N-dealkylation sites (N-methyl/N-ethyl adjacent to an activating group) is 1. The molecule has 1 atom stereocenters. The lowest BCUT2D eigenvalue weighted by Gasteiger charge is -2.23. The van der Waals surface area contributed by atoms with E-state index < -0.39 is 0 Å². The minimum atomic E-state index is -0.255. The minimum Gasteiger partial charge on any atom is -0.468 e. The van der Waals surface area contributed by atoms with Crippen molar-refractivity contribution >= 4 is 23.0 Å². The summed E-state index contributed by atoms with van der Waals surface area (Å²) in [4.78, 5) is 2.04. The second-order valence-corrected chi connectivity index (χ2v) is 5.70. The van der Waals surface area contributed by atoms with E-state index in [1.54, 1.807) is 25.3 Å². The van der Waals surface area contributed by atoms with Gasteiger partial charge in [0.25, 0.3) is 0 Å². The summed E-state index contributed by atoms with van der Waals surface area (Å²) in [6.45, 7) is 2.31. The van der Waals surface area contributed by atoms with Gasteiger partial charge < -0.3 is 15.1 Å². The summed E-state index contributed by atoms with van der Waals surface area (Å²) < 4.78 is 19.0. The van der Waals surface area contributed by atoms with Crippen molar-refractivity contribution in [3.63, 3.8) is 0 Å². The third kappa shape index (κ3) is 4.29. The Labute approximate surface area is 135 Å². The SMILES string of the molecule is Cc1ccc(NC(=S)NC[C@@H](c2ccco2)N(C)C)cc1F. The number of halogens is 1. The maximum atomic E-state index is 13.5. The summed E-state index contributed by atoms with van der Waals surface area (Å²) in [5.74, 6) is 0.608. The van der Waals surface area contributed by atoms with Crippen LogP contribution in [0.4, 0.5) is 10.1 Å². The minimum absolute atomic E-state index is 0.0597. The molecular weight excluding hydrogens is 301 g/mol. The van der Waals surface area contributed by atoms with Gasteiger partial charge in [0.1, 0.15) is 11.6 Å². The predicted octanol–water partition coefficient (Wildman–Crippen LogP) is 3.32. The first-order valence-corrected chi connectivity index (χ1v) is 7.39. The Morgan fingerprint density at radius 3 is 2.73 bits per heavy atom. The van der Waals surface area contributed by atoms with Crippen molar-refractivity contribution in [1.29, 1.82) is 0 Å². The summed E-state index contributed by atoms with van der Waals surface area (Å²) in [6.07, 6.45) is 1.65. The zero-order chi connectivity index (χ0) is 16.1.